The maximum Gasteiger partial charge on any atom is 0.231 e. The van der Waals surface area contributed by atoms with Crippen molar-refractivity contribution < 1.29 is 4.74 Å². The van der Waals surface area contributed by atoms with Crippen LogP contribution in [0.2, 0.25) is 0 Å². The number of thiophene rings is 1. The summed E-state index contributed by atoms with van der Waals surface area (Å²) in [6, 6.07) is 10.2. The number of benzene rings is 1. The zero-order chi connectivity index (χ0) is 18.4. The van der Waals surface area contributed by atoms with Gasteiger partial charge in [0.1, 0.15) is 16.2 Å². The molecule has 0 radical (unpaired) electrons. The number of nitrogens with zero attached hydrogens (tertiary/aromatic N) is 3. The van der Waals surface area contributed by atoms with Crippen molar-refractivity contribution in [3.63, 3.8) is 0 Å². The summed E-state index contributed by atoms with van der Waals surface area (Å²) < 4.78 is 6.42. The van der Waals surface area contributed by atoms with E-state index in [-0.39, 0.29) is 0 Å². The third kappa shape index (κ3) is 2.86. The highest BCUT2D eigenvalue weighted by molar-refractivity contribution is 7.18. The number of hydrogen-bond acceptors (Lipinski definition) is 5. The van der Waals surface area contributed by atoms with E-state index < -0.39 is 0 Å². The second-order valence-corrected chi connectivity index (χ2v) is 8.16. The lowest BCUT2D eigenvalue weighted by atomic mass is 9.97. The van der Waals surface area contributed by atoms with Crippen molar-refractivity contribution in [1.82, 2.24) is 15.0 Å². The molecule has 0 unspecified atom stereocenters. The quantitative estimate of drug-likeness (QED) is 0.455. The molecule has 1 aliphatic carbocycles. The van der Waals surface area contributed by atoms with Crippen LogP contribution in [0.25, 0.3) is 21.1 Å². The van der Waals surface area contributed by atoms with E-state index in [1.165, 1.54) is 23.3 Å². The smallest absolute Gasteiger partial charge is 0.231 e. The van der Waals surface area contributed by atoms with Crippen LogP contribution >= 0.6 is 11.3 Å². The number of para-hydroxylation sites is 1. The first-order chi connectivity index (χ1) is 13.2. The summed E-state index contributed by atoms with van der Waals surface area (Å²) in [4.78, 5) is 16.8. The highest BCUT2D eigenvalue weighted by Crippen LogP contribution is 2.41. The van der Waals surface area contributed by atoms with Crippen molar-refractivity contribution in [2.45, 2.75) is 46.0 Å². The maximum atomic E-state index is 6.42. The fourth-order valence-corrected chi connectivity index (χ4v) is 5.07. The molecule has 5 rings (SSSR count). The average Bonchev–Trinajstić information content (AvgIpc) is 3.07. The number of rotatable bonds is 3. The lowest BCUT2D eigenvalue weighted by Crippen LogP contribution is -2.01. The molecule has 0 fully saturated rings. The van der Waals surface area contributed by atoms with E-state index in [2.05, 4.69) is 19.1 Å². The first-order valence-corrected chi connectivity index (χ1v) is 10.4. The predicted octanol–water partition coefficient (Wildman–Crippen LogP) is 5.78. The molecule has 3 heterocycles. The number of aromatic nitrogens is 3. The van der Waals surface area contributed by atoms with Crippen LogP contribution in [0.15, 0.2) is 30.3 Å². The van der Waals surface area contributed by atoms with E-state index in [9.17, 15) is 0 Å². The molecule has 0 bridgehead atoms. The van der Waals surface area contributed by atoms with Gasteiger partial charge in [-0.1, -0.05) is 25.1 Å². The van der Waals surface area contributed by atoms with E-state index in [4.69, 9.17) is 19.7 Å². The summed E-state index contributed by atoms with van der Waals surface area (Å²) in [6.45, 7) is 4.09. The Hall–Kier alpha value is -2.53. The van der Waals surface area contributed by atoms with Gasteiger partial charge in [-0.2, -0.15) is 4.98 Å². The Labute approximate surface area is 162 Å². The van der Waals surface area contributed by atoms with Crippen LogP contribution in [0.4, 0.5) is 0 Å². The van der Waals surface area contributed by atoms with Crippen LogP contribution in [0, 0.1) is 6.92 Å². The number of fused-ring (bicyclic) bond motifs is 4. The summed E-state index contributed by atoms with van der Waals surface area (Å²) >= 11 is 1.81. The molecule has 0 saturated carbocycles. The van der Waals surface area contributed by atoms with Gasteiger partial charge in [-0.3, -0.25) is 0 Å². The van der Waals surface area contributed by atoms with Crippen molar-refractivity contribution in [3.8, 4) is 11.6 Å². The van der Waals surface area contributed by atoms with Crippen molar-refractivity contribution >= 4 is 32.5 Å². The standard InChI is InChI=1S/C22H21N3OS/c1-3-18-24-21(19-15-8-4-5-10-17(15)27-22(19)25-18)26-16-9-6-7-14-12-11-13(2)23-20(14)16/h6-7,9,11-12H,3-5,8,10H2,1-2H3. The summed E-state index contributed by atoms with van der Waals surface area (Å²) in [6.07, 6.45) is 5.51. The lowest BCUT2D eigenvalue weighted by Gasteiger charge is -2.13. The molecular formula is C22H21N3OS. The van der Waals surface area contributed by atoms with Crippen molar-refractivity contribution in [2.75, 3.05) is 0 Å². The van der Waals surface area contributed by atoms with E-state index in [1.54, 1.807) is 0 Å². The zero-order valence-electron chi connectivity index (χ0n) is 15.6. The lowest BCUT2D eigenvalue weighted by molar-refractivity contribution is 0.469. The first kappa shape index (κ1) is 16.6. The van der Waals surface area contributed by atoms with Crippen LogP contribution in [-0.4, -0.2) is 15.0 Å². The molecule has 3 aromatic heterocycles. The third-order valence-corrected chi connectivity index (χ3v) is 6.36. The minimum Gasteiger partial charge on any atom is -0.436 e. The van der Waals surface area contributed by atoms with Gasteiger partial charge in [0.25, 0.3) is 0 Å². The molecule has 0 saturated heterocycles. The van der Waals surface area contributed by atoms with Gasteiger partial charge in [0.2, 0.25) is 5.88 Å². The summed E-state index contributed by atoms with van der Waals surface area (Å²) in [7, 11) is 0. The molecule has 0 aliphatic heterocycles. The number of ether oxygens (including phenoxy) is 1. The Morgan fingerprint density at radius 1 is 1.04 bits per heavy atom. The Balaban J connectivity index is 1.71. The van der Waals surface area contributed by atoms with Gasteiger partial charge in [-0.25, -0.2) is 9.97 Å². The monoisotopic (exact) mass is 375 g/mol. The SMILES string of the molecule is CCc1nc(Oc2cccc3ccc(C)nc23)c2c3c(sc2n1)CCCC3. The second-order valence-electron chi connectivity index (χ2n) is 7.07. The molecule has 0 amide bonds. The first-order valence-electron chi connectivity index (χ1n) is 9.58. The molecule has 4 nitrogen and oxygen atoms in total. The molecule has 0 N–H and O–H groups in total. The topological polar surface area (TPSA) is 47.9 Å². The minimum absolute atomic E-state index is 0.687. The molecule has 0 atom stereocenters. The predicted molar refractivity (Wildman–Crippen MR) is 110 cm³/mol. The largest absolute Gasteiger partial charge is 0.436 e. The van der Waals surface area contributed by atoms with Gasteiger partial charge < -0.3 is 4.74 Å². The van der Waals surface area contributed by atoms with Gasteiger partial charge in [-0.05, 0) is 50.3 Å². The third-order valence-electron chi connectivity index (χ3n) is 5.17. The molecule has 136 valence electrons. The van der Waals surface area contributed by atoms with Crippen LogP contribution in [0.3, 0.4) is 0 Å². The minimum atomic E-state index is 0.687. The van der Waals surface area contributed by atoms with Crippen molar-refractivity contribution in [1.29, 1.82) is 0 Å². The molecule has 4 aromatic rings. The van der Waals surface area contributed by atoms with Gasteiger partial charge >= 0.3 is 0 Å². The summed E-state index contributed by atoms with van der Waals surface area (Å²) in [5, 5.41) is 2.18. The molecule has 0 spiro atoms. The number of hydrogen-bond donors (Lipinski definition) is 0. The molecule has 5 heteroatoms. The molecule has 27 heavy (non-hydrogen) atoms. The Morgan fingerprint density at radius 2 is 1.93 bits per heavy atom. The summed E-state index contributed by atoms with van der Waals surface area (Å²) in [5.74, 6) is 2.28. The maximum absolute atomic E-state index is 6.42. The number of aryl methyl sites for hydroxylation is 4. The van der Waals surface area contributed by atoms with Gasteiger partial charge in [0.15, 0.2) is 5.75 Å². The highest BCUT2D eigenvalue weighted by atomic mass is 32.1. The molecule has 1 aromatic carbocycles. The Kier molecular flexibility index (Phi) is 4.05. The van der Waals surface area contributed by atoms with Crippen LogP contribution < -0.4 is 4.74 Å². The molecule has 1 aliphatic rings. The molecular weight excluding hydrogens is 354 g/mol. The summed E-state index contributed by atoms with van der Waals surface area (Å²) in [5.41, 5.74) is 3.25. The normalized spacial score (nSPS) is 13.9. The van der Waals surface area contributed by atoms with E-state index >= 15 is 0 Å². The van der Waals surface area contributed by atoms with Gasteiger partial charge in [0, 0.05) is 22.4 Å². The second kappa shape index (κ2) is 6.57. The van der Waals surface area contributed by atoms with E-state index in [1.807, 2.05) is 36.5 Å². The van der Waals surface area contributed by atoms with Crippen LogP contribution in [0.5, 0.6) is 11.6 Å². The van der Waals surface area contributed by atoms with Crippen molar-refractivity contribution in [3.05, 3.63) is 52.3 Å². The fourth-order valence-electron chi connectivity index (χ4n) is 3.80. The van der Waals surface area contributed by atoms with E-state index in [0.717, 1.165) is 57.6 Å². The van der Waals surface area contributed by atoms with Crippen LogP contribution in [-0.2, 0) is 19.3 Å². The van der Waals surface area contributed by atoms with Crippen molar-refractivity contribution in [2.24, 2.45) is 0 Å². The Bertz CT molecular complexity index is 1170. The zero-order valence-corrected chi connectivity index (χ0v) is 16.4. The van der Waals surface area contributed by atoms with Crippen LogP contribution in [0.1, 0.15) is 41.7 Å². The Morgan fingerprint density at radius 3 is 2.81 bits per heavy atom. The average molecular weight is 375 g/mol. The van der Waals surface area contributed by atoms with E-state index in [0.29, 0.717) is 5.88 Å². The van der Waals surface area contributed by atoms with Gasteiger partial charge in [-0.15, -0.1) is 11.3 Å². The fraction of sp³-hybridized carbons (Fsp3) is 0.318. The highest BCUT2D eigenvalue weighted by Gasteiger charge is 2.22. The van der Waals surface area contributed by atoms with Gasteiger partial charge in [0.05, 0.1) is 5.39 Å². The number of pyridine rings is 1.